The number of aromatic amines is 1. The van der Waals surface area contributed by atoms with Gasteiger partial charge in [-0.25, -0.2) is 4.79 Å². The number of ether oxygens (including phenoxy) is 1. The van der Waals surface area contributed by atoms with E-state index in [0.29, 0.717) is 10.2 Å². The molecule has 0 saturated carbocycles. The Kier molecular flexibility index (Phi) is 2.79. The fraction of sp³-hybridized carbons (Fsp3) is 0.455. The molecule has 3 N–H and O–H groups in total. The number of halogens is 1. The number of rotatable bonds is 1. The molecule has 0 unspecified atom stereocenters. The van der Waals surface area contributed by atoms with Crippen molar-refractivity contribution in [1.82, 2.24) is 9.55 Å². The van der Waals surface area contributed by atoms with Gasteiger partial charge in [-0.15, -0.1) is 0 Å². The third-order valence-electron chi connectivity index (χ3n) is 3.42. The lowest BCUT2D eigenvalue weighted by atomic mass is 10.1. The van der Waals surface area contributed by atoms with Gasteiger partial charge >= 0.3 is 5.69 Å². The van der Waals surface area contributed by atoms with Gasteiger partial charge in [0.2, 0.25) is 0 Å². The molecular weight excluding hydrogens is 320 g/mol. The van der Waals surface area contributed by atoms with E-state index in [0.717, 1.165) is 0 Å². The van der Waals surface area contributed by atoms with Gasteiger partial charge in [0.25, 0.3) is 5.56 Å². The minimum atomic E-state index is -1.19. The van der Waals surface area contributed by atoms with Crippen LogP contribution in [0, 0.1) is 0 Å². The Hall–Kier alpha value is -1.22. The highest BCUT2D eigenvalue weighted by molar-refractivity contribution is 9.11. The molecule has 19 heavy (non-hydrogen) atoms. The summed E-state index contributed by atoms with van der Waals surface area (Å²) in [5.41, 5.74) is -1.91. The molecule has 2 aliphatic heterocycles. The molecular formula is C11H11BrN2O5. The number of aliphatic hydroxyl groups is 2. The molecule has 1 aromatic rings. The largest absolute Gasteiger partial charge is 0.394 e. The van der Waals surface area contributed by atoms with E-state index >= 15 is 0 Å². The van der Waals surface area contributed by atoms with Crippen LogP contribution < -0.4 is 11.2 Å². The first-order chi connectivity index (χ1) is 8.98. The molecule has 1 spiro atoms. The van der Waals surface area contributed by atoms with Crippen LogP contribution in [0.25, 0.3) is 6.08 Å². The Bertz CT molecular complexity index is 678. The number of nitrogens with one attached hydrogen (secondary N) is 1. The van der Waals surface area contributed by atoms with Crippen molar-refractivity contribution in [2.45, 2.75) is 24.4 Å². The van der Waals surface area contributed by atoms with Gasteiger partial charge in [-0.3, -0.25) is 14.3 Å². The van der Waals surface area contributed by atoms with Crippen LogP contribution in [0.5, 0.6) is 0 Å². The van der Waals surface area contributed by atoms with Gasteiger partial charge in [-0.05, 0) is 6.08 Å². The molecule has 0 bridgehead atoms. The van der Waals surface area contributed by atoms with Crippen LogP contribution in [0.4, 0.5) is 0 Å². The zero-order valence-electron chi connectivity index (χ0n) is 9.67. The van der Waals surface area contributed by atoms with Crippen LogP contribution in [-0.2, 0) is 10.5 Å². The monoisotopic (exact) mass is 330 g/mol. The van der Waals surface area contributed by atoms with Crippen LogP contribution in [0.3, 0.4) is 0 Å². The summed E-state index contributed by atoms with van der Waals surface area (Å²) in [6, 6.07) is 1.28. The summed E-state index contributed by atoms with van der Waals surface area (Å²) in [4.78, 5) is 25.4. The quantitative estimate of drug-likeness (QED) is 0.617. The van der Waals surface area contributed by atoms with Gasteiger partial charge in [0.1, 0.15) is 6.10 Å². The molecule has 8 heteroatoms. The predicted molar refractivity (Wildman–Crippen MR) is 68.8 cm³/mol. The van der Waals surface area contributed by atoms with Crippen LogP contribution in [-0.4, -0.2) is 38.6 Å². The number of fused-ring (bicyclic) bond motifs is 2. The zero-order chi connectivity index (χ0) is 13.8. The van der Waals surface area contributed by atoms with E-state index in [4.69, 9.17) is 9.84 Å². The first-order valence-corrected chi connectivity index (χ1v) is 6.48. The number of hydrogen-bond acceptors (Lipinski definition) is 5. The van der Waals surface area contributed by atoms with Crippen molar-refractivity contribution in [2.75, 3.05) is 6.61 Å². The normalized spacial score (nSPS) is 32.7. The fourth-order valence-electron chi connectivity index (χ4n) is 2.59. The van der Waals surface area contributed by atoms with E-state index < -0.39 is 29.2 Å². The van der Waals surface area contributed by atoms with E-state index in [2.05, 4.69) is 20.9 Å². The average molecular weight is 331 g/mol. The lowest BCUT2D eigenvalue weighted by molar-refractivity contribution is -0.0885. The summed E-state index contributed by atoms with van der Waals surface area (Å²) < 4.78 is 7.47. The molecule has 3 atom stereocenters. The highest BCUT2D eigenvalue weighted by atomic mass is 79.9. The van der Waals surface area contributed by atoms with E-state index in [1.807, 2.05) is 0 Å². The van der Waals surface area contributed by atoms with Crippen molar-refractivity contribution >= 4 is 22.0 Å². The Morgan fingerprint density at radius 3 is 2.95 bits per heavy atom. The lowest BCUT2D eigenvalue weighted by Crippen LogP contribution is -2.43. The topological polar surface area (TPSA) is 105 Å². The Labute approximate surface area is 115 Å². The smallest absolute Gasteiger partial charge is 0.331 e. The summed E-state index contributed by atoms with van der Waals surface area (Å²) in [6.45, 7) is -0.351. The predicted octanol–water partition coefficient (Wildman–Crippen LogP) is -0.919. The first kappa shape index (κ1) is 12.8. The second-order valence-corrected chi connectivity index (χ2v) is 5.44. The minimum absolute atomic E-state index is 0.119. The maximum absolute atomic E-state index is 12.0. The number of hydrogen-bond donors (Lipinski definition) is 3. The van der Waals surface area contributed by atoms with Crippen molar-refractivity contribution in [3.05, 3.63) is 37.1 Å². The first-order valence-electron chi connectivity index (χ1n) is 5.69. The standard InChI is InChI=1S/C11H11BrN2O5/c12-8-1-5-2-9(17)13-10(18)14(5)11(8)3-6(16)7(4-15)19-11/h1-2,6-7,15-16H,3-4H2,(H,13,17,18)/t6-,7-,11+/m1/s1. The SMILES string of the molecule is O=c1cc2n(c(=O)[nH]1)[C@]1(C[C@@H](O)[C@@H](CO)O1)C(Br)=C2. The van der Waals surface area contributed by atoms with Crippen molar-refractivity contribution in [3.63, 3.8) is 0 Å². The Morgan fingerprint density at radius 1 is 1.58 bits per heavy atom. The molecule has 0 radical (unpaired) electrons. The van der Waals surface area contributed by atoms with Crippen LogP contribution >= 0.6 is 15.9 Å². The summed E-state index contributed by atoms with van der Waals surface area (Å²) >= 11 is 3.31. The Morgan fingerprint density at radius 2 is 2.32 bits per heavy atom. The molecule has 102 valence electrons. The summed E-state index contributed by atoms with van der Waals surface area (Å²) in [7, 11) is 0. The fourth-order valence-corrected chi connectivity index (χ4v) is 3.26. The number of H-pyrrole nitrogens is 1. The Balaban J connectivity index is 2.20. The van der Waals surface area contributed by atoms with E-state index in [1.54, 1.807) is 6.08 Å². The molecule has 2 aliphatic rings. The molecule has 0 amide bonds. The lowest BCUT2D eigenvalue weighted by Gasteiger charge is -2.27. The number of aliphatic hydroxyl groups excluding tert-OH is 2. The van der Waals surface area contributed by atoms with Crippen molar-refractivity contribution in [3.8, 4) is 0 Å². The van der Waals surface area contributed by atoms with Gasteiger partial charge in [-0.1, -0.05) is 15.9 Å². The number of nitrogens with zero attached hydrogens (tertiary/aromatic N) is 1. The highest BCUT2D eigenvalue weighted by Crippen LogP contribution is 2.47. The van der Waals surface area contributed by atoms with Crippen molar-refractivity contribution < 1.29 is 14.9 Å². The second kappa shape index (κ2) is 4.14. The van der Waals surface area contributed by atoms with Crippen LogP contribution in [0.2, 0.25) is 0 Å². The second-order valence-electron chi connectivity index (χ2n) is 4.59. The molecule has 3 heterocycles. The highest BCUT2D eigenvalue weighted by Gasteiger charge is 2.52. The van der Waals surface area contributed by atoms with E-state index in [9.17, 15) is 14.7 Å². The van der Waals surface area contributed by atoms with Crippen LogP contribution in [0.15, 0.2) is 20.1 Å². The van der Waals surface area contributed by atoms with Crippen molar-refractivity contribution in [2.24, 2.45) is 0 Å². The molecule has 3 rings (SSSR count). The average Bonchev–Trinajstić information content (AvgIpc) is 2.78. The molecule has 1 fully saturated rings. The zero-order valence-corrected chi connectivity index (χ0v) is 11.3. The molecule has 7 nitrogen and oxygen atoms in total. The maximum atomic E-state index is 12.0. The molecule has 1 saturated heterocycles. The van der Waals surface area contributed by atoms with Gasteiger partial charge in [0.05, 0.1) is 22.9 Å². The van der Waals surface area contributed by atoms with Gasteiger partial charge in [-0.2, -0.15) is 0 Å². The van der Waals surface area contributed by atoms with Gasteiger partial charge in [0.15, 0.2) is 5.72 Å². The van der Waals surface area contributed by atoms with Gasteiger partial charge in [0, 0.05) is 12.5 Å². The van der Waals surface area contributed by atoms with Crippen molar-refractivity contribution in [1.29, 1.82) is 0 Å². The molecule has 1 aromatic heterocycles. The van der Waals surface area contributed by atoms with Crippen LogP contribution in [0.1, 0.15) is 12.1 Å². The summed E-state index contributed by atoms with van der Waals surface area (Å²) in [5, 5.41) is 19.0. The molecule has 0 aliphatic carbocycles. The minimum Gasteiger partial charge on any atom is -0.394 e. The molecule has 0 aromatic carbocycles. The third kappa shape index (κ3) is 1.68. The summed E-state index contributed by atoms with van der Waals surface area (Å²) in [6.07, 6.45) is 0.0543. The number of aromatic nitrogens is 2. The maximum Gasteiger partial charge on any atom is 0.331 e. The van der Waals surface area contributed by atoms with Gasteiger partial charge < -0.3 is 14.9 Å². The third-order valence-corrected chi connectivity index (χ3v) is 4.27. The van der Waals surface area contributed by atoms with E-state index in [-0.39, 0.29) is 13.0 Å². The summed E-state index contributed by atoms with van der Waals surface area (Å²) in [5.74, 6) is 0. The van der Waals surface area contributed by atoms with E-state index in [1.165, 1.54) is 10.6 Å².